The summed E-state index contributed by atoms with van der Waals surface area (Å²) in [6.45, 7) is 0.601. The maximum Gasteiger partial charge on any atom is 0.231 e. The van der Waals surface area contributed by atoms with Crippen LogP contribution in [-0.2, 0) is 4.79 Å². The SMILES string of the molecule is O=C(Nc1ccccn1)C1CCN(Oc2ccccc2)C1Cl. The third-order valence-electron chi connectivity index (χ3n) is 3.49. The Morgan fingerprint density at radius 2 is 2.00 bits per heavy atom. The summed E-state index contributed by atoms with van der Waals surface area (Å²) in [5.41, 5.74) is -0.510. The van der Waals surface area contributed by atoms with Gasteiger partial charge in [0, 0.05) is 12.7 Å². The molecule has 1 aromatic carbocycles. The van der Waals surface area contributed by atoms with Crippen molar-refractivity contribution in [2.75, 3.05) is 11.9 Å². The fraction of sp³-hybridized carbons (Fsp3) is 0.250. The minimum Gasteiger partial charge on any atom is -0.405 e. The number of halogens is 1. The summed E-state index contributed by atoms with van der Waals surface area (Å²) < 4.78 is 0. The molecule has 0 saturated carbocycles. The molecule has 2 unspecified atom stereocenters. The molecule has 1 aromatic heterocycles. The van der Waals surface area contributed by atoms with Crippen LogP contribution in [0.4, 0.5) is 5.82 Å². The molecule has 0 radical (unpaired) electrons. The van der Waals surface area contributed by atoms with E-state index in [9.17, 15) is 4.79 Å². The normalized spacial score (nSPS) is 21.5. The van der Waals surface area contributed by atoms with Gasteiger partial charge in [-0.25, -0.2) is 4.98 Å². The van der Waals surface area contributed by atoms with Gasteiger partial charge in [-0.3, -0.25) is 4.79 Å². The lowest BCUT2D eigenvalue weighted by atomic mass is 10.1. The van der Waals surface area contributed by atoms with Crippen molar-refractivity contribution < 1.29 is 9.63 Å². The van der Waals surface area contributed by atoms with Gasteiger partial charge in [0.2, 0.25) is 5.91 Å². The molecule has 0 aliphatic carbocycles. The van der Waals surface area contributed by atoms with E-state index in [2.05, 4.69) is 10.3 Å². The van der Waals surface area contributed by atoms with Crippen LogP contribution in [0.15, 0.2) is 54.7 Å². The molecule has 3 rings (SSSR count). The zero-order chi connectivity index (χ0) is 15.4. The number of alkyl halides is 1. The van der Waals surface area contributed by atoms with E-state index >= 15 is 0 Å². The van der Waals surface area contributed by atoms with E-state index in [1.807, 2.05) is 36.4 Å². The monoisotopic (exact) mass is 317 g/mol. The number of carbonyl (C=O) groups is 1. The van der Waals surface area contributed by atoms with E-state index in [4.69, 9.17) is 16.4 Å². The topological polar surface area (TPSA) is 54.5 Å². The fourth-order valence-corrected chi connectivity index (χ4v) is 2.73. The van der Waals surface area contributed by atoms with E-state index < -0.39 is 5.50 Å². The zero-order valence-corrected chi connectivity index (χ0v) is 12.6. The van der Waals surface area contributed by atoms with Crippen LogP contribution in [0.25, 0.3) is 0 Å². The molecular weight excluding hydrogens is 302 g/mol. The standard InChI is InChI=1S/C16H16ClN3O2/c17-15-13(16(21)19-14-8-4-5-10-18-14)9-11-20(15)22-12-6-2-1-3-7-12/h1-8,10,13,15H,9,11H2,(H,18,19,21). The molecule has 1 aliphatic heterocycles. The van der Waals surface area contributed by atoms with Crippen LogP contribution < -0.4 is 10.2 Å². The Morgan fingerprint density at radius 1 is 1.23 bits per heavy atom. The number of rotatable bonds is 4. The Kier molecular flexibility index (Phi) is 4.56. The molecule has 2 aromatic rings. The average Bonchev–Trinajstić information content (AvgIpc) is 2.90. The molecule has 22 heavy (non-hydrogen) atoms. The number of hydrogen-bond acceptors (Lipinski definition) is 4. The molecule has 5 nitrogen and oxygen atoms in total. The van der Waals surface area contributed by atoms with Gasteiger partial charge >= 0.3 is 0 Å². The summed E-state index contributed by atoms with van der Waals surface area (Å²) in [5.74, 6) is 0.753. The van der Waals surface area contributed by atoms with Crippen molar-refractivity contribution in [2.24, 2.45) is 5.92 Å². The predicted molar refractivity (Wildman–Crippen MR) is 84.4 cm³/mol. The van der Waals surface area contributed by atoms with Gasteiger partial charge in [0.15, 0.2) is 0 Å². The summed E-state index contributed by atoms with van der Waals surface area (Å²) in [6, 6.07) is 14.8. The van der Waals surface area contributed by atoms with Crippen molar-refractivity contribution in [1.82, 2.24) is 10.0 Å². The number of para-hydroxylation sites is 1. The summed E-state index contributed by atoms with van der Waals surface area (Å²) in [4.78, 5) is 22.1. The van der Waals surface area contributed by atoms with Crippen LogP contribution in [0, 0.1) is 5.92 Å². The first-order valence-electron chi connectivity index (χ1n) is 7.09. The molecule has 1 saturated heterocycles. The number of amides is 1. The number of hydrogen-bond donors (Lipinski definition) is 1. The molecule has 6 heteroatoms. The molecule has 0 spiro atoms. The summed E-state index contributed by atoms with van der Waals surface area (Å²) in [7, 11) is 0. The highest BCUT2D eigenvalue weighted by atomic mass is 35.5. The highest BCUT2D eigenvalue weighted by molar-refractivity contribution is 6.22. The third kappa shape index (κ3) is 3.37. The fourth-order valence-electron chi connectivity index (χ4n) is 2.35. The van der Waals surface area contributed by atoms with Gasteiger partial charge in [0.1, 0.15) is 17.1 Å². The molecule has 114 valence electrons. The van der Waals surface area contributed by atoms with Gasteiger partial charge in [-0.15, -0.1) is 16.7 Å². The van der Waals surface area contributed by atoms with Gasteiger partial charge in [-0.1, -0.05) is 24.3 Å². The van der Waals surface area contributed by atoms with Crippen molar-refractivity contribution in [3.63, 3.8) is 0 Å². The van der Waals surface area contributed by atoms with Crippen molar-refractivity contribution in [2.45, 2.75) is 11.9 Å². The first-order chi connectivity index (χ1) is 10.7. The quantitative estimate of drug-likeness (QED) is 0.696. The number of carbonyl (C=O) groups excluding carboxylic acids is 1. The summed E-state index contributed by atoms with van der Waals surface area (Å²) in [5, 5.41) is 4.42. The lowest BCUT2D eigenvalue weighted by Crippen LogP contribution is -2.35. The number of aromatic nitrogens is 1. The molecule has 1 aliphatic rings. The van der Waals surface area contributed by atoms with Crippen LogP contribution in [0.2, 0.25) is 0 Å². The molecule has 1 N–H and O–H groups in total. The second-order valence-electron chi connectivity index (χ2n) is 5.02. The number of hydroxylamine groups is 2. The van der Waals surface area contributed by atoms with Crippen molar-refractivity contribution in [3.05, 3.63) is 54.7 Å². The average molecular weight is 318 g/mol. The van der Waals surface area contributed by atoms with Crippen molar-refractivity contribution >= 4 is 23.3 Å². The van der Waals surface area contributed by atoms with Crippen LogP contribution in [0.1, 0.15) is 6.42 Å². The Morgan fingerprint density at radius 3 is 2.73 bits per heavy atom. The first-order valence-corrected chi connectivity index (χ1v) is 7.53. The lowest BCUT2D eigenvalue weighted by molar-refractivity contribution is -0.121. The number of nitrogens with one attached hydrogen (secondary N) is 1. The molecular formula is C16H16ClN3O2. The number of benzene rings is 1. The molecule has 2 atom stereocenters. The molecule has 1 fully saturated rings. The lowest BCUT2D eigenvalue weighted by Gasteiger charge is -2.22. The van der Waals surface area contributed by atoms with Gasteiger partial charge < -0.3 is 10.2 Å². The predicted octanol–water partition coefficient (Wildman–Crippen LogP) is 2.90. The van der Waals surface area contributed by atoms with E-state index in [0.717, 1.165) is 0 Å². The van der Waals surface area contributed by atoms with Crippen LogP contribution in [0.5, 0.6) is 5.75 Å². The molecule has 1 amide bonds. The Labute approximate surface area is 133 Å². The van der Waals surface area contributed by atoms with Crippen LogP contribution in [0.3, 0.4) is 0 Å². The van der Waals surface area contributed by atoms with Crippen LogP contribution >= 0.6 is 11.6 Å². The van der Waals surface area contributed by atoms with E-state index in [1.165, 1.54) is 0 Å². The van der Waals surface area contributed by atoms with Crippen molar-refractivity contribution in [1.29, 1.82) is 0 Å². The number of pyridine rings is 1. The Bertz CT molecular complexity index is 624. The first kappa shape index (κ1) is 14.8. The largest absolute Gasteiger partial charge is 0.405 e. The van der Waals surface area contributed by atoms with E-state index in [0.29, 0.717) is 24.5 Å². The number of anilines is 1. The smallest absolute Gasteiger partial charge is 0.231 e. The zero-order valence-electron chi connectivity index (χ0n) is 11.9. The van der Waals surface area contributed by atoms with Crippen LogP contribution in [-0.4, -0.2) is 28.0 Å². The van der Waals surface area contributed by atoms with Gasteiger partial charge in [-0.2, -0.15) is 0 Å². The molecule has 2 heterocycles. The second kappa shape index (κ2) is 6.77. The minimum atomic E-state index is -0.510. The summed E-state index contributed by atoms with van der Waals surface area (Å²) >= 11 is 6.37. The minimum absolute atomic E-state index is 0.141. The number of nitrogens with zero attached hydrogens (tertiary/aromatic N) is 2. The van der Waals surface area contributed by atoms with E-state index in [1.54, 1.807) is 23.4 Å². The third-order valence-corrected chi connectivity index (χ3v) is 4.01. The van der Waals surface area contributed by atoms with Gasteiger partial charge in [-0.05, 0) is 30.7 Å². The maximum absolute atomic E-state index is 12.3. The Hall–Kier alpha value is -2.11. The van der Waals surface area contributed by atoms with E-state index in [-0.39, 0.29) is 11.8 Å². The van der Waals surface area contributed by atoms with Gasteiger partial charge in [0.25, 0.3) is 0 Å². The van der Waals surface area contributed by atoms with Gasteiger partial charge in [0.05, 0.1) is 5.92 Å². The Balaban J connectivity index is 1.61. The molecule has 0 bridgehead atoms. The summed E-state index contributed by atoms with van der Waals surface area (Å²) in [6.07, 6.45) is 2.27. The highest BCUT2D eigenvalue weighted by Crippen LogP contribution is 2.29. The van der Waals surface area contributed by atoms with Crippen molar-refractivity contribution in [3.8, 4) is 5.75 Å². The second-order valence-corrected chi connectivity index (χ2v) is 5.46. The maximum atomic E-state index is 12.3. The highest BCUT2D eigenvalue weighted by Gasteiger charge is 2.39.